The third kappa shape index (κ3) is 3.36. The molecule has 19 heavy (non-hydrogen) atoms. The van der Waals surface area contributed by atoms with Crippen LogP contribution in [0, 0.1) is 15.5 Å². The highest BCUT2D eigenvalue weighted by Gasteiger charge is 2.41. The first-order chi connectivity index (χ1) is 9.08. The lowest BCUT2D eigenvalue weighted by molar-refractivity contribution is -0.384. The summed E-state index contributed by atoms with van der Waals surface area (Å²) in [7, 11) is 1.77. The molecule has 1 saturated carbocycles. The third-order valence-electron chi connectivity index (χ3n) is 3.82. The van der Waals surface area contributed by atoms with Crippen molar-refractivity contribution in [2.75, 3.05) is 24.2 Å². The van der Waals surface area contributed by atoms with Crippen LogP contribution >= 0.6 is 0 Å². The van der Waals surface area contributed by atoms with E-state index in [1.54, 1.807) is 19.2 Å². The summed E-state index contributed by atoms with van der Waals surface area (Å²) in [4.78, 5) is 10.5. The number of nitro groups is 1. The summed E-state index contributed by atoms with van der Waals surface area (Å²) in [6, 6.07) is 5.06. The largest absolute Gasteiger partial charge is 0.388 e. The van der Waals surface area contributed by atoms with Crippen molar-refractivity contribution >= 4 is 17.1 Å². The zero-order chi connectivity index (χ0) is 13.9. The van der Waals surface area contributed by atoms with Crippen molar-refractivity contribution in [3.05, 3.63) is 28.3 Å². The van der Waals surface area contributed by atoms with Crippen LogP contribution in [0.25, 0.3) is 0 Å². The number of nitrogens with one attached hydrogen (secondary N) is 2. The van der Waals surface area contributed by atoms with Gasteiger partial charge in [-0.05, 0) is 30.7 Å². The molecule has 0 spiro atoms. The Labute approximate surface area is 113 Å². The quantitative estimate of drug-likeness (QED) is 0.582. The van der Waals surface area contributed by atoms with Gasteiger partial charge in [-0.3, -0.25) is 10.1 Å². The number of nitro benzene ring substituents is 1. The Bertz CT molecular complexity index is 470. The molecule has 1 fully saturated rings. The van der Waals surface area contributed by atoms with Gasteiger partial charge in [0.25, 0.3) is 5.69 Å². The molecule has 2 N–H and O–H groups in total. The molecule has 5 heteroatoms. The first-order valence-corrected chi connectivity index (χ1v) is 6.80. The summed E-state index contributed by atoms with van der Waals surface area (Å²) in [5.41, 5.74) is 2.13. The minimum Gasteiger partial charge on any atom is -0.388 e. The second-order valence-corrected chi connectivity index (χ2v) is 5.38. The fraction of sp³-hybridized carbons (Fsp3) is 0.571. The molecule has 0 saturated heterocycles. The molecule has 0 amide bonds. The Balaban J connectivity index is 2.07. The molecule has 1 aromatic rings. The van der Waals surface area contributed by atoms with Crippen molar-refractivity contribution < 1.29 is 4.92 Å². The lowest BCUT2D eigenvalue weighted by atomic mass is 10.0. The number of non-ortho nitro benzene ring substituents is 1. The molecule has 0 radical (unpaired) electrons. The highest BCUT2D eigenvalue weighted by atomic mass is 16.6. The van der Waals surface area contributed by atoms with Crippen LogP contribution in [0.3, 0.4) is 0 Å². The standard InChI is InChI=1S/C14H21N3O2/c1-3-4-14(5-6-14)10-16-12-7-11(15-2)8-13(9-12)17(18)19/h7-9,15-16H,3-6,10H2,1-2H3. The maximum atomic E-state index is 10.9. The van der Waals surface area contributed by atoms with Crippen molar-refractivity contribution in [2.24, 2.45) is 5.41 Å². The number of hydrogen-bond acceptors (Lipinski definition) is 4. The van der Waals surface area contributed by atoms with Crippen molar-refractivity contribution in [1.82, 2.24) is 0 Å². The summed E-state index contributed by atoms with van der Waals surface area (Å²) in [6.45, 7) is 3.11. The van der Waals surface area contributed by atoms with Crippen LogP contribution in [0.2, 0.25) is 0 Å². The van der Waals surface area contributed by atoms with Gasteiger partial charge >= 0.3 is 0 Å². The van der Waals surface area contributed by atoms with Crippen LogP contribution in [0.5, 0.6) is 0 Å². The van der Waals surface area contributed by atoms with Gasteiger partial charge in [-0.1, -0.05) is 13.3 Å². The van der Waals surface area contributed by atoms with Gasteiger partial charge in [0.15, 0.2) is 0 Å². The fourth-order valence-corrected chi connectivity index (χ4v) is 2.47. The number of benzene rings is 1. The van der Waals surface area contributed by atoms with E-state index in [1.807, 2.05) is 6.07 Å². The predicted octanol–water partition coefficient (Wildman–Crippen LogP) is 3.63. The molecule has 0 aromatic heterocycles. The van der Waals surface area contributed by atoms with Gasteiger partial charge < -0.3 is 10.6 Å². The SMILES string of the molecule is CCCC1(CNc2cc(NC)cc([N+](=O)[O-])c2)CC1. The van der Waals surface area contributed by atoms with Gasteiger partial charge in [0.1, 0.15) is 0 Å². The summed E-state index contributed by atoms with van der Waals surface area (Å²) in [5, 5.41) is 17.2. The predicted molar refractivity (Wildman–Crippen MR) is 77.7 cm³/mol. The van der Waals surface area contributed by atoms with E-state index in [0.717, 1.165) is 17.9 Å². The molecule has 0 bridgehead atoms. The van der Waals surface area contributed by atoms with Crippen LogP contribution in [-0.4, -0.2) is 18.5 Å². The Morgan fingerprint density at radius 1 is 1.32 bits per heavy atom. The Kier molecular flexibility index (Phi) is 3.93. The molecule has 1 aliphatic carbocycles. The average Bonchev–Trinajstić information content (AvgIpc) is 3.17. The molecule has 1 aromatic carbocycles. The van der Waals surface area contributed by atoms with E-state index in [4.69, 9.17) is 0 Å². The molecular formula is C14H21N3O2. The van der Waals surface area contributed by atoms with E-state index in [9.17, 15) is 10.1 Å². The van der Waals surface area contributed by atoms with Crippen LogP contribution in [0.4, 0.5) is 17.1 Å². The first-order valence-electron chi connectivity index (χ1n) is 6.80. The zero-order valence-electron chi connectivity index (χ0n) is 11.5. The minimum atomic E-state index is -0.356. The maximum Gasteiger partial charge on any atom is 0.273 e. The molecule has 2 rings (SSSR count). The Hall–Kier alpha value is -1.78. The molecular weight excluding hydrogens is 242 g/mol. The van der Waals surface area contributed by atoms with E-state index < -0.39 is 0 Å². The summed E-state index contributed by atoms with van der Waals surface area (Å²) >= 11 is 0. The number of rotatable bonds is 7. The lowest BCUT2D eigenvalue weighted by Gasteiger charge is -2.16. The van der Waals surface area contributed by atoms with Gasteiger partial charge in [0.2, 0.25) is 0 Å². The highest BCUT2D eigenvalue weighted by molar-refractivity contribution is 5.63. The molecule has 0 heterocycles. The van der Waals surface area contributed by atoms with E-state index in [-0.39, 0.29) is 10.6 Å². The van der Waals surface area contributed by atoms with Gasteiger partial charge in [-0.25, -0.2) is 0 Å². The molecule has 0 atom stereocenters. The molecule has 104 valence electrons. The summed E-state index contributed by atoms with van der Waals surface area (Å²) < 4.78 is 0. The molecule has 0 aliphatic heterocycles. The topological polar surface area (TPSA) is 67.2 Å². The van der Waals surface area contributed by atoms with Crippen LogP contribution in [-0.2, 0) is 0 Å². The van der Waals surface area contributed by atoms with Gasteiger partial charge in [-0.15, -0.1) is 0 Å². The first kappa shape index (κ1) is 13.6. The van der Waals surface area contributed by atoms with Gasteiger partial charge in [0, 0.05) is 37.1 Å². The van der Waals surface area contributed by atoms with Crippen LogP contribution in [0.15, 0.2) is 18.2 Å². The van der Waals surface area contributed by atoms with E-state index >= 15 is 0 Å². The van der Waals surface area contributed by atoms with Crippen molar-refractivity contribution in [3.8, 4) is 0 Å². The summed E-state index contributed by atoms with van der Waals surface area (Å²) in [5.74, 6) is 0. The minimum absolute atomic E-state index is 0.120. The second-order valence-electron chi connectivity index (χ2n) is 5.38. The second kappa shape index (κ2) is 5.47. The van der Waals surface area contributed by atoms with Crippen LogP contribution < -0.4 is 10.6 Å². The molecule has 1 aliphatic rings. The average molecular weight is 263 g/mol. The summed E-state index contributed by atoms with van der Waals surface area (Å²) in [6.07, 6.45) is 4.95. The maximum absolute atomic E-state index is 10.9. The Morgan fingerprint density at radius 3 is 2.53 bits per heavy atom. The monoisotopic (exact) mass is 263 g/mol. The van der Waals surface area contributed by atoms with E-state index in [0.29, 0.717) is 5.41 Å². The van der Waals surface area contributed by atoms with Gasteiger partial charge in [-0.2, -0.15) is 0 Å². The fourth-order valence-electron chi connectivity index (χ4n) is 2.47. The van der Waals surface area contributed by atoms with E-state index in [2.05, 4.69) is 17.6 Å². The van der Waals surface area contributed by atoms with Crippen molar-refractivity contribution in [3.63, 3.8) is 0 Å². The molecule has 0 unspecified atom stereocenters. The highest BCUT2D eigenvalue weighted by Crippen LogP contribution is 2.49. The number of nitrogens with zero attached hydrogens (tertiary/aromatic N) is 1. The van der Waals surface area contributed by atoms with Crippen molar-refractivity contribution in [2.45, 2.75) is 32.6 Å². The lowest BCUT2D eigenvalue weighted by Crippen LogP contribution is -2.15. The Morgan fingerprint density at radius 2 is 2.00 bits per heavy atom. The van der Waals surface area contributed by atoms with E-state index in [1.165, 1.54) is 25.7 Å². The van der Waals surface area contributed by atoms with Crippen molar-refractivity contribution in [1.29, 1.82) is 0 Å². The normalized spacial score (nSPS) is 15.9. The van der Waals surface area contributed by atoms with Crippen LogP contribution in [0.1, 0.15) is 32.6 Å². The zero-order valence-corrected chi connectivity index (χ0v) is 11.5. The van der Waals surface area contributed by atoms with Gasteiger partial charge in [0.05, 0.1) is 4.92 Å². The molecule has 5 nitrogen and oxygen atoms in total. The number of anilines is 2. The number of hydrogen-bond donors (Lipinski definition) is 2. The smallest absolute Gasteiger partial charge is 0.273 e. The third-order valence-corrected chi connectivity index (χ3v) is 3.82.